The number of nitrogens with one attached hydrogen (secondary N) is 1. The summed E-state index contributed by atoms with van der Waals surface area (Å²) in [6, 6.07) is 9.95. The van der Waals surface area contributed by atoms with E-state index in [9.17, 15) is 4.79 Å². The number of hydrazone groups is 2. The zero-order chi connectivity index (χ0) is 22.9. The zero-order valence-corrected chi connectivity index (χ0v) is 19.3. The molecule has 0 heterocycles. The smallest absolute Gasteiger partial charge is 0.192 e. The summed E-state index contributed by atoms with van der Waals surface area (Å²) >= 11 is 0. The van der Waals surface area contributed by atoms with E-state index in [0.29, 0.717) is 30.4 Å². The second kappa shape index (κ2) is 8.75. The van der Waals surface area contributed by atoms with E-state index in [4.69, 9.17) is 17.2 Å². The Morgan fingerprint density at radius 1 is 0.969 bits per heavy atom. The third-order valence-corrected chi connectivity index (χ3v) is 8.84. The number of ketones is 1. The van der Waals surface area contributed by atoms with Crippen molar-refractivity contribution in [1.29, 1.82) is 5.53 Å². The van der Waals surface area contributed by atoms with Crippen LogP contribution in [0.4, 0.5) is 0 Å². The van der Waals surface area contributed by atoms with Gasteiger partial charge < -0.3 is 11.7 Å². The molecule has 3 aliphatic carbocycles. The molecule has 0 aliphatic heterocycles. The molecule has 4 rings (SSSR count). The lowest BCUT2D eigenvalue weighted by Crippen LogP contribution is -2.47. The Bertz CT molecular complexity index is 906. The number of benzene rings is 1. The quantitative estimate of drug-likeness (QED) is 0.357. The first-order chi connectivity index (χ1) is 15.4. The van der Waals surface area contributed by atoms with E-state index in [1.807, 2.05) is 30.3 Å². The third kappa shape index (κ3) is 3.46. The van der Waals surface area contributed by atoms with Crippen LogP contribution >= 0.6 is 0 Å². The van der Waals surface area contributed by atoms with Crippen molar-refractivity contribution in [3.05, 3.63) is 35.9 Å². The van der Waals surface area contributed by atoms with Gasteiger partial charge in [-0.05, 0) is 74.7 Å². The van der Waals surface area contributed by atoms with Gasteiger partial charge in [-0.1, -0.05) is 44.2 Å². The van der Waals surface area contributed by atoms with E-state index in [2.05, 4.69) is 29.2 Å². The Hall–Kier alpha value is -2.57. The molecule has 5 N–H and O–H groups in total. The van der Waals surface area contributed by atoms with E-state index >= 15 is 0 Å². The van der Waals surface area contributed by atoms with E-state index in [1.165, 1.54) is 12.8 Å². The van der Waals surface area contributed by atoms with Gasteiger partial charge in [-0.3, -0.25) is 4.79 Å². The van der Waals surface area contributed by atoms with E-state index in [0.717, 1.165) is 37.2 Å². The van der Waals surface area contributed by atoms with Gasteiger partial charge in [-0.15, -0.1) is 0 Å². The number of carbonyl (C=O) groups is 1. The molecule has 0 amide bonds. The summed E-state index contributed by atoms with van der Waals surface area (Å²) in [5, 5.41) is 12.1. The maximum Gasteiger partial charge on any atom is 0.192 e. The molecule has 7 nitrogen and oxygen atoms in total. The highest BCUT2D eigenvalue weighted by Crippen LogP contribution is 2.58. The molecule has 0 saturated heterocycles. The minimum absolute atomic E-state index is 0.0554. The molecule has 1 aromatic rings. The summed E-state index contributed by atoms with van der Waals surface area (Å²) < 4.78 is 0. The van der Waals surface area contributed by atoms with E-state index < -0.39 is 5.41 Å². The number of Topliss-reactive ketones (excluding diaryl/α,β-unsaturated/α-hetero) is 1. The van der Waals surface area contributed by atoms with Gasteiger partial charge in [0.15, 0.2) is 11.5 Å². The van der Waals surface area contributed by atoms with Crippen LogP contribution in [-0.2, 0) is 4.79 Å². The predicted octanol–water partition coefficient (Wildman–Crippen LogP) is 4.77. The summed E-state index contributed by atoms with van der Waals surface area (Å²) in [6.07, 6.45) is 7.44. The minimum atomic E-state index is -0.666. The van der Waals surface area contributed by atoms with Crippen molar-refractivity contribution in [2.45, 2.75) is 76.7 Å². The van der Waals surface area contributed by atoms with Crippen molar-refractivity contribution in [1.82, 2.24) is 0 Å². The van der Waals surface area contributed by atoms with Gasteiger partial charge in [-0.25, -0.2) is 5.53 Å². The molecule has 172 valence electrons. The fourth-order valence-corrected chi connectivity index (χ4v) is 6.84. The normalized spacial score (nSPS) is 38.1. The summed E-state index contributed by atoms with van der Waals surface area (Å²) in [5.41, 5.74) is 8.81. The summed E-state index contributed by atoms with van der Waals surface area (Å²) in [7, 11) is 0. The summed E-state index contributed by atoms with van der Waals surface area (Å²) in [4.78, 5) is 13.6. The van der Waals surface area contributed by atoms with Gasteiger partial charge in [0, 0.05) is 11.3 Å². The van der Waals surface area contributed by atoms with Crippen molar-refractivity contribution in [3.8, 4) is 0 Å². The van der Waals surface area contributed by atoms with Crippen LogP contribution in [0.15, 0.2) is 45.6 Å². The van der Waals surface area contributed by atoms with Gasteiger partial charge in [-0.2, -0.15) is 15.3 Å². The average molecular weight is 437 g/mol. The molecule has 0 radical (unpaired) electrons. The van der Waals surface area contributed by atoms with Crippen LogP contribution in [0.2, 0.25) is 0 Å². The second-order valence-electron chi connectivity index (χ2n) is 10.4. The number of nitrogens with two attached hydrogens (primary N) is 2. The van der Waals surface area contributed by atoms with Crippen molar-refractivity contribution < 1.29 is 4.79 Å². The van der Waals surface area contributed by atoms with Crippen molar-refractivity contribution in [3.63, 3.8) is 0 Å². The van der Waals surface area contributed by atoms with Crippen molar-refractivity contribution >= 4 is 17.2 Å². The van der Waals surface area contributed by atoms with Gasteiger partial charge in [0.2, 0.25) is 0 Å². The van der Waals surface area contributed by atoms with E-state index in [-0.39, 0.29) is 23.0 Å². The first-order valence-electron chi connectivity index (χ1n) is 12.0. The van der Waals surface area contributed by atoms with Crippen LogP contribution in [0.25, 0.3) is 0 Å². The van der Waals surface area contributed by atoms with Crippen molar-refractivity contribution in [2.75, 3.05) is 0 Å². The monoisotopic (exact) mass is 436 g/mol. The molecule has 32 heavy (non-hydrogen) atoms. The highest BCUT2D eigenvalue weighted by atomic mass is 16.1. The highest BCUT2D eigenvalue weighted by Gasteiger charge is 2.61. The van der Waals surface area contributed by atoms with Gasteiger partial charge in [0.25, 0.3) is 0 Å². The lowest BCUT2D eigenvalue weighted by Gasteiger charge is -2.48. The van der Waals surface area contributed by atoms with Crippen LogP contribution in [0.5, 0.6) is 0 Å². The molecule has 1 aromatic carbocycles. The molecule has 1 unspecified atom stereocenters. The highest BCUT2D eigenvalue weighted by molar-refractivity contribution is 6.73. The Labute approximate surface area is 190 Å². The summed E-state index contributed by atoms with van der Waals surface area (Å²) in [6.45, 7) is 4.62. The Morgan fingerprint density at radius 3 is 2.09 bits per heavy atom. The Morgan fingerprint density at radius 2 is 1.59 bits per heavy atom. The first kappa shape index (κ1) is 22.6. The molecular weight excluding hydrogens is 400 g/mol. The van der Waals surface area contributed by atoms with E-state index in [1.54, 1.807) is 0 Å². The van der Waals surface area contributed by atoms with Gasteiger partial charge in [0.1, 0.15) is 0 Å². The Kier molecular flexibility index (Phi) is 6.19. The molecule has 3 aliphatic rings. The molecule has 0 aromatic heterocycles. The number of nitrogens with zero attached hydrogens (tertiary/aromatic N) is 3. The fraction of sp³-hybridized carbons (Fsp3) is 0.640. The number of rotatable bonds is 4. The topological polar surface area (TPSA) is 130 Å². The lowest BCUT2D eigenvalue weighted by molar-refractivity contribution is -0.124. The average Bonchev–Trinajstić information content (AvgIpc) is 3.07. The predicted molar refractivity (Wildman–Crippen MR) is 127 cm³/mol. The van der Waals surface area contributed by atoms with Crippen LogP contribution in [0, 0.1) is 28.7 Å². The van der Waals surface area contributed by atoms with Crippen LogP contribution in [-0.4, -0.2) is 22.7 Å². The van der Waals surface area contributed by atoms with Crippen LogP contribution in [0.3, 0.4) is 0 Å². The summed E-state index contributed by atoms with van der Waals surface area (Å²) in [5.74, 6) is 13.0. The maximum absolute atomic E-state index is 13.6. The molecular formula is C25H36N6O. The van der Waals surface area contributed by atoms with Gasteiger partial charge in [0.05, 0.1) is 11.3 Å². The van der Waals surface area contributed by atoms with Gasteiger partial charge >= 0.3 is 0 Å². The largest absolute Gasteiger partial charge is 0.323 e. The van der Waals surface area contributed by atoms with Crippen LogP contribution < -0.4 is 11.7 Å². The molecule has 0 bridgehead atoms. The molecule has 1 atom stereocenters. The second-order valence-corrected chi connectivity index (χ2v) is 10.4. The minimum Gasteiger partial charge on any atom is -0.323 e. The molecule has 3 fully saturated rings. The van der Waals surface area contributed by atoms with Crippen molar-refractivity contribution in [2.24, 2.45) is 50.2 Å². The standard InChI is InChI=1S/C25H36N6O/c1-16(2)17-8-10-19(11-9-17)25(31-28)14-12-24(13-15-25)20(18-6-4-3-5-7-18)21(29-26)22(30-27)23(24)32/h3-7,16-17,19-20,28H,8-15,26-27H2,1-2H3. The third-order valence-electron chi connectivity index (χ3n) is 8.84. The molecule has 1 spiro atoms. The molecule has 3 saturated carbocycles. The lowest BCUT2D eigenvalue weighted by atomic mass is 9.56. The number of hydrogen-bond acceptors (Lipinski definition) is 7. The number of hydrogen-bond donors (Lipinski definition) is 3. The maximum atomic E-state index is 13.6. The van der Waals surface area contributed by atoms with Crippen LogP contribution in [0.1, 0.15) is 76.7 Å². The zero-order valence-electron chi connectivity index (χ0n) is 19.3. The Balaban J connectivity index is 1.63. The molecule has 7 heteroatoms. The SMILES string of the molecule is CC(C)C1CCC(C2(N=N)CCC3(CC2)C(=O)C(=NN)C(=NN)C3c2ccccc2)CC1. The fourth-order valence-electron chi connectivity index (χ4n) is 6.84. The number of carbonyl (C=O) groups excluding carboxylic acids is 1. The first-order valence-corrected chi connectivity index (χ1v) is 12.0.